The quantitative estimate of drug-likeness (QED) is 0.765. The predicted octanol–water partition coefficient (Wildman–Crippen LogP) is 1.72. The van der Waals surface area contributed by atoms with E-state index in [0.29, 0.717) is 5.69 Å². The van der Waals surface area contributed by atoms with Crippen LogP contribution in [0, 0.1) is 0 Å². The average Bonchev–Trinajstić information content (AvgIpc) is 2.83. The molecule has 1 aromatic carbocycles. The molecule has 0 radical (unpaired) electrons. The molecule has 0 aromatic heterocycles. The first-order valence-electron chi connectivity index (χ1n) is 7.69. The van der Waals surface area contributed by atoms with Gasteiger partial charge in [-0.3, -0.25) is 14.5 Å². The molecule has 5 nitrogen and oxygen atoms in total. The van der Waals surface area contributed by atoms with Crippen molar-refractivity contribution < 1.29 is 9.59 Å². The SMILES string of the molecule is CCN1CCN([C@H]2CC(=O)N(c3ccccc3Br)C2=O)CC1. The molecule has 1 atom stereocenters. The van der Waals surface area contributed by atoms with Crippen LogP contribution in [0.25, 0.3) is 0 Å². The van der Waals surface area contributed by atoms with Crippen molar-refractivity contribution >= 4 is 33.4 Å². The number of halogens is 1. The lowest BCUT2D eigenvalue weighted by molar-refractivity contribution is -0.123. The fourth-order valence-electron chi connectivity index (χ4n) is 3.18. The first kappa shape index (κ1) is 15.6. The van der Waals surface area contributed by atoms with E-state index >= 15 is 0 Å². The second-order valence-corrected chi connectivity index (χ2v) is 6.56. The van der Waals surface area contributed by atoms with E-state index in [1.165, 1.54) is 4.90 Å². The topological polar surface area (TPSA) is 43.9 Å². The van der Waals surface area contributed by atoms with Crippen LogP contribution in [-0.2, 0) is 9.59 Å². The zero-order valence-electron chi connectivity index (χ0n) is 12.7. The summed E-state index contributed by atoms with van der Waals surface area (Å²) in [5.74, 6) is -0.207. The Labute approximate surface area is 139 Å². The minimum absolute atomic E-state index is 0.0955. The maximum atomic E-state index is 12.7. The van der Waals surface area contributed by atoms with Crippen LogP contribution < -0.4 is 4.90 Å². The number of carbonyl (C=O) groups excluding carboxylic acids is 2. The molecule has 3 rings (SSSR count). The van der Waals surface area contributed by atoms with Gasteiger partial charge in [-0.15, -0.1) is 0 Å². The molecule has 0 saturated carbocycles. The van der Waals surface area contributed by atoms with Gasteiger partial charge in [0.15, 0.2) is 0 Å². The summed E-state index contributed by atoms with van der Waals surface area (Å²) in [7, 11) is 0. The Morgan fingerprint density at radius 3 is 2.45 bits per heavy atom. The van der Waals surface area contributed by atoms with Crippen LogP contribution in [0.15, 0.2) is 28.7 Å². The third-order valence-corrected chi connectivity index (χ3v) is 5.18. The lowest BCUT2D eigenvalue weighted by atomic mass is 10.1. The fraction of sp³-hybridized carbons (Fsp3) is 0.500. The van der Waals surface area contributed by atoms with Crippen LogP contribution >= 0.6 is 15.9 Å². The highest BCUT2D eigenvalue weighted by Crippen LogP contribution is 2.31. The Balaban J connectivity index is 1.76. The largest absolute Gasteiger partial charge is 0.301 e. The van der Waals surface area contributed by atoms with E-state index in [4.69, 9.17) is 0 Å². The number of rotatable bonds is 3. The van der Waals surface area contributed by atoms with Crippen molar-refractivity contribution in [3.05, 3.63) is 28.7 Å². The van der Waals surface area contributed by atoms with Gasteiger partial charge in [0.25, 0.3) is 5.91 Å². The second-order valence-electron chi connectivity index (χ2n) is 5.71. The highest BCUT2D eigenvalue weighted by Gasteiger charge is 2.43. The van der Waals surface area contributed by atoms with Crippen LogP contribution in [0.1, 0.15) is 13.3 Å². The Morgan fingerprint density at radius 1 is 1.14 bits per heavy atom. The van der Waals surface area contributed by atoms with Gasteiger partial charge in [0, 0.05) is 30.7 Å². The number of nitrogens with zero attached hydrogens (tertiary/aromatic N) is 3. The molecular weight excluding hydrogens is 346 g/mol. The number of imide groups is 1. The summed E-state index contributed by atoms with van der Waals surface area (Å²) in [5.41, 5.74) is 0.646. The van der Waals surface area contributed by atoms with Gasteiger partial charge in [-0.05, 0) is 34.6 Å². The van der Waals surface area contributed by atoms with Crippen molar-refractivity contribution in [3.63, 3.8) is 0 Å². The second kappa shape index (κ2) is 6.48. The third-order valence-electron chi connectivity index (χ3n) is 4.51. The van der Waals surface area contributed by atoms with Crippen LogP contribution in [0.4, 0.5) is 5.69 Å². The predicted molar refractivity (Wildman–Crippen MR) is 88.7 cm³/mol. The summed E-state index contributed by atoms with van der Waals surface area (Å²) in [5, 5.41) is 0. The van der Waals surface area contributed by atoms with Crippen molar-refractivity contribution in [2.24, 2.45) is 0 Å². The number of carbonyl (C=O) groups is 2. The number of amides is 2. The van der Waals surface area contributed by atoms with Crippen molar-refractivity contribution in [1.82, 2.24) is 9.80 Å². The van der Waals surface area contributed by atoms with Gasteiger partial charge in [-0.1, -0.05) is 19.1 Å². The molecule has 0 aliphatic carbocycles. The zero-order chi connectivity index (χ0) is 15.7. The minimum atomic E-state index is -0.307. The fourth-order valence-corrected chi connectivity index (χ4v) is 3.64. The molecule has 2 aliphatic heterocycles. The summed E-state index contributed by atoms with van der Waals surface area (Å²) in [6, 6.07) is 7.06. The number of piperazine rings is 1. The number of anilines is 1. The highest BCUT2D eigenvalue weighted by atomic mass is 79.9. The molecule has 22 heavy (non-hydrogen) atoms. The van der Waals surface area contributed by atoms with E-state index < -0.39 is 0 Å². The molecule has 0 bridgehead atoms. The smallest absolute Gasteiger partial charge is 0.251 e. The highest BCUT2D eigenvalue weighted by molar-refractivity contribution is 9.10. The van der Waals surface area contributed by atoms with E-state index in [1.807, 2.05) is 18.2 Å². The Hall–Kier alpha value is -1.24. The van der Waals surface area contributed by atoms with Crippen molar-refractivity contribution in [3.8, 4) is 0 Å². The maximum absolute atomic E-state index is 12.7. The van der Waals surface area contributed by atoms with E-state index in [1.54, 1.807) is 6.07 Å². The molecule has 2 aliphatic rings. The molecule has 0 N–H and O–H groups in total. The molecule has 2 amide bonds. The normalized spacial score (nSPS) is 24.3. The Kier molecular flexibility index (Phi) is 4.61. The average molecular weight is 366 g/mol. The molecule has 6 heteroatoms. The third kappa shape index (κ3) is 2.83. The summed E-state index contributed by atoms with van der Waals surface area (Å²) in [6.07, 6.45) is 0.284. The Bertz CT molecular complexity index is 585. The first-order valence-corrected chi connectivity index (χ1v) is 8.49. The van der Waals surface area contributed by atoms with Gasteiger partial charge in [0.05, 0.1) is 18.2 Å². The van der Waals surface area contributed by atoms with E-state index in [2.05, 4.69) is 32.7 Å². The van der Waals surface area contributed by atoms with Crippen LogP contribution in [0.2, 0.25) is 0 Å². The summed E-state index contributed by atoms with van der Waals surface area (Å²) in [6.45, 7) is 6.80. The lowest BCUT2D eigenvalue weighted by Gasteiger charge is -2.36. The first-order chi connectivity index (χ1) is 10.6. The van der Waals surface area contributed by atoms with E-state index in [-0.39, 0.29) is 24.3 Å². The van der Waals surface area contributed by atoms with Crippen LogP contribution in [0.5, 0.6) is 0 Å². The number of hydrogen-bond donors (Lipinski definition) is 0. The molecule has 2 heterocycles. The van der Waals surface area contributed by atoms with Crippen molar-refractivity contribution in [2.75, 3.05) is 37.6 Å². The minimum Gasteiger partial charge on any atom is -0.301 e. The van der Waals surface area contributed by atoms with Gasteiger partial charge in [-0.25, -0.2) is 4.90 Å². The summed E-state index contributed by atoms with van der Waals surface area (Å²) >= 11 is 3.43. The molecule has 2 fully saturated rings. The van der Waals surface area contributed by atoms with Gasteiger partial charge >= 0.3 is 0 Å². The summed E-state index contributed by atoms with van der Waals surface area (Å²) in [4.78, 5) is 31.0. The zero-order valence-corrected chi connectivity index (χ0v) is 14.3. The van der Waals surface area contributed by atoms with Crippen molar-refractivity contribution in [1.29, 1.82) is 0 Å². The maximum Gasteiger partial charge on any atom is 0.251 e. The Morgan fingerprint density at radius 2 is 1.82 bits per heavy atom. The molecule has 0 unspecified atom stereocenters. The van der Waals surface area contributed by atoms with E-state index in [9.17, 15) is 9.59 Å². The lowest BCUT2D eigenvalue weighted by Crippen LogP contribution is -2.52. The van der Waals surface area contributed by atoms with Gasteiger partial charge in [-0.2, -0.15) is 0 Å². The molecule has 0 spiro atoms. The number of benzene rings is 1. The van der Waals surface area contributed by atoms with Gasteiger partial charge in [0.2, 0.25) is 5.91 Å². The monoisotopic (exact) mass is 365 g/mol. The van der Waals surface area contributed by atoms with Gasteiger partial charge < -0.3 is 4.90 Å². The number of para-hydroxylation sites is 1. The molecule has 118 valence electrons. The number of likely N-dealkylation sites (N-methyl/N-ethyl adjacent to an activating group) is 1. The van der Waals surface area contributed by atoms with E-state index in [0.717, 1.165) is 37.2 Å². The van der Waals surface area contributed by atoms with Crippen LogP contribution in [0.3, 0.4) is 0 Å². The van der Waals surface area contributed by atoms with Gasteiger partial charge in [0.1, 0.15) is 0 Å². The van der Waals surface area contributed by atoms with Crippen molar-refractivity contribution in [2.45, 2.75) is 19.4 Å². The molecular formula is C16H20BrN3O2. The number of hydrogen-bond acceptors (Lipinski definition) is 4. The van der Waals surface area contributed by atoms with Crippen LogP contribution in [-0.4, -0.2) is 60.4 Å². The summed E-state index contributed by atoms with van der Waals surface area (Å²) < 4.78 is 0.771. The molecule has 2 saturated heterocycles. The standard InChI is InChI=1S/C16H20BrN3O2/c1-2-18-7-9-19(10-8-18)14-11-15(21)20(16(14)22)13-6-4-3-5-12(13)17/h3-6,14H,2,7-11H2,1H3/t14-/m0/s1. The molecule has 1 aromatic rings.